The number of nitrogens with zero attached hydrogens (tertiary/aromatic N) is 3. The second-order valence-electron chi connectivity index (χ2n) is 7.71. The van der Waals surface area contributed by atoms with Crippen LogP contribution in [0, 0.1) is 0 Å². The Morgan fingerprint density at radius 3 is 2.94 bits per heavy atom. The largest absolute Gasteiger partial charge is 0.495 e. The predicted molar refractivity (Wildman–Crippen MR) is 126 cm³/mol. The molecule has 8 nitrogen and oxygen atoms in total. The van der Waals surface area contributed by atoms with Gasteiger partial charge in [-0.1, -0.05) is 24.3 Å². The van der Waals surface area contributed by atoms with Gasteiger partial charge in [-0.2, -0.15) is 5.10 Å². The standard InChI is InChI=1S/C25H23N5O3/c1-33-19-11-17(13-26-14-19)28-24(22-12-18-6-2-3-9-30(18)29-22)25(32)21-15-27-23-16(8-10-31)5-4-7-20(21)23/h2-7,9,11-15,24,27-28,31H,8,10H2,1H3. The van der Waals surface area contributed by atoms with E-state index in [0.717, 1.165) is 22.0 Å². The average Bonchev–Trinajstić information content (AvgIpc) is 3.47. The van der Waals surface area contributed by atoms with Crippen molar-refractivity contribution in [3.05, 3.63) is 90.1 Å². The number of ether oxygens (including phenoxy) is 1. The molecule has 0 bridgehead atoms. The van der Waals surface area contributed by atoms with Crippen LogP contribution in [0.25, 0.3) is 16.4 Å². The molecule has 1 unspecified atom stereocenters. The molecule has 1 aromatic carbocycles. The molecule has 0 saturated heterocycles. The Balaban J connectivity index is 1.59. The summed E-state index contributed by atoms with van der Waals surface area (Å²) in [5.74, 6) is 0.454. The summed E-state index contributed by atoms with van der Waals surface area (Å²) in [6.45, 7) is 0.0374. The molecule has 3 N–H and O–H groups in total. The molecule has 0 radical (unpaired) electrons. The summed E-state index contributed by atoms with van der Waals surface area (Å²) in [5, 5.41) is 18.2. The lowest BCUT2D eigenvalue weighted by Gasteiger charge is -2.17. The number of aliphatic hydroxyl groups is 1. The number of methoxy groups -OCH3 is 1. The number of hydrogen-bond donors (Lipinski definition) is 3. The van der Waals surface area contributed by atoms with E-state index in [1.54, 1.807) is 36.3 Å². The molecule has 166 valence electrons. The molecule has 0 spiro atoms. The van der Waals surface area contributed by atoms with Crippen LogP contribution >= 0.6 is 0 Å². The maximum absolute atomic E-state index is 13.9. The summed E-state index contributed by atoms with van der Waals surface area (Å²) in [6, 6.07) is 14.5. The highest BCUT2D eigenvalue weighted by Crippen LogP contribution is 2.30. The molecule has 0 aliphatic heterocycles. The molecule has 1 atom stereocenters. The Morgan fingerprint density at radius 2 is 2.12 bits per heavy atom. The maximum Gasteiger partial charge on any atom is 0.193 e. The highest BCUT2D eigenvalue weighted by atomic mass is 16.5. The van der Waals surface area contributed by atoms with E-state index in [9.17, 15) is 9.90 Å². The number of aromatic amines is 1. The molecule has 0 saturated carbocycles. The van der Waals surface area contributed by atoms with Crippen molar-refractivity contribution >= 4 is 27.9 Å². The van der Waals surface area contributed by atoms with Gasteiger partial charge in [-0.05, 0) is 30.2 Å². The number of aromatic nitrogens is 4. The van der Waals surface area contributed by atoms with Crippen LogP contribution < -0.4 is 10.1 Å². The number of benzene rings is 1. The molecule has 0 fully saturated rings. The number of hydrogen-bond acceptors (Lipinski definition) is 6. The first-order chi connectivity index (χ1) is 16.2. The number of pyridine rings is 2. The molecule has 0 amide bonds. The molecule has 4 heterocycles. The van der Waals surface area contributed by atoms with Crippen molar-refractivity contribution in [3.63, 3.8) is 0 Å². The van der Waals surface area contributed by atoms with Crippen molar-refractivity contribution in [1.82, 2.24) is 19.6 Å². The summed E-state index contributed by atoms with van der Waals surface area (Å²) in [6.07, 6.45) is 7.33. The monoisotopic (exact) mass is 441 g/mol. The molecule has 33 heavy (non-hydrogen) atoms. The number of H-pyrrole nitrogens is 1. The number of aliphatic hydroxyl groups excluding tert-OH is 1. The van der Waals surface area contributed by atoms with Crippen LogP contribution in [0.4, 0.5) is 5.69 Å². The molecular weight excluding hydrogens is 418 g/mol. The van der Waals surface area contributed by atoms with Crippen molar-refractivity contribution in [1.29, 1.82) is 0 Å². The lowest BCUT2D eigenvalue weighted by molar-refractivity contribution is 0.0969. The Kier molecular flexibility index (Phi) is 5.50. The molecule has 8 heteroatoms. The first-order valence-electron chi connectivity index (χ1n) is 10.6. The minimum atomic E-state index is -0.751. The summed E-state index contributed by atoms with van der Waals surface area (Å²) in [7, 11) is 1.57. The average molecular weight is 441 g/mol. The number of fused-ring (bicyclic) bond motifs is 2. The lowest BCUT2D eigenvalue weighted by atomic mass is 9.99. The first kappa shape index (κ1) is 20.7. The smallest absolute Gasteiger partial charge is 0.193 e. The molecule has 5 aromatic rings. The van der Waals surface area contributed by atoms with Crippen LogP contribution in [0.3, 0.4) is 0 Å². The zero-order valence-corrected chi connectivity index (χ0v) is 18.0. The quantitative estimate of drug-likeness (QED) is 0.317. The van der Waals surface area contributed by atoms with Gasteiger partial charge in [-0.25, -0.2) is 4.52 Å². The summed E-state index contributed by atoms with van der Waals surface area (Å²) >= 11 is 0. The van der Waals surface area contributed by atoms with Gasteiger partial charge in [0.25, 0.3) is 0 Å². The van der Waals surface area contributed by atoms with Crippen LogP contribution in [0.15, 0.2) is 73.3 Å². The van der Waals surface area contributed by atoms with Gasteiger partial charge < -0.3 is 20.1 Å². The second-order valence-corrected chi connectivity index (χ2v) is 7.71. The van der Waals surface area contributed by atoms with Gasteiger partial charge in [0, 0.05) is 41.5 Å². The lowest BCUT2D eigenvalue weighted by Crippen LogP contribution is -2.22. The number of nitrogens with one attached hydrogen (secondary N) is 2. The van der Waals surface area contributed by atoms with Crippen molar-refractivity contribution in [3.8, 4) is 5.75 Å². The third-order valence-electron chi connectivity index (χ3n) is 5.66. The Hall–Kier alpha value is -4.17. The van der Waals surface area contributed by atoms with E-state index in [-0.39, 0.29) is 12.4 Å². The van der Waals surface area contributed by atoms with E-state index in [4.69, 9.17) is 4.74 Å². The van der Waals surface area contributed by atoms with Crippen molar-refractivity contribution in [2.75, 3.05) is 19.0 Å². The Bertz CT molecular complexity index is 1410. The van der Waals surface area contributed by atoms with Crippen LogP contribution in [0.5, 0.6) is 5.75 Å². The fourth-order valence-electron chi connectivity index (χ4n) is 4.05. The fourth-order valence-corrected chi connectivity index (χ4v) is 4.05. The Labute approximate surface area is 189 Å². The van der Waals surface area contributed by atoms with Gasteiger partial charge in [0.05, 0.1) is 36.4 Å². The van der Waals surface area contributed by atoms with E-state index in [0.29, 0.717) is 29.1 Å². The van der Waals surface area contributed by atoms with E-state index in [1.165, 1.54) is 0 Å². The molecule has 4 aromatic heterocycles. The van der Waals surface area contributed by atoms with Gasteiger partial charge >= 0.3 is 0 Å². The van der Waals surface area contributed by atoms with Crippen LogP contribution in [0.2, 0.25) is 0 Å². The van der Waals surface area contributed by atoms with E-state index in [1.807, 2.05) is 48.7 Å². The molecular formula is C25H23N5O3. The third-order valence-corrected chi connectivity index (χ3v) is 5.66. The Morgan fingerprint density at radius 1 is 1.21 bits per heavy atom. The number of anilines is 1. The van der Waals surface area contributed by atoms with Crippen LogP contribution in [-0.4, -0.2) is 44.2 Å². The van der Waals surface area contributed by atoms with Gasteiger partial charge in [0.1, 0.15) is 11.8 Å². The third kappa shape index (κ3) is 3.92. The zero-order chi connectivity index (χ0) is 22.8. The summed E-state index contributed by atoms with van der Waals surface area (Å²) in [5.41, 5.74) is 4.49. The minimum Gasteiger partial charge on any atom is -0.495 e. The summed E-state index contributed by atoms with van der Waals surface area (Å²) < 4.78 is 7.03. The second kappa shape index (κ2) is 8.76. The number of carbonyl (C=O) groups excluding carboxylic acids is 1. The van der Waals surface area contributed by atoms with Gasteiger partial charge in [0.15, 0.2) is 5.78 Å². The molecule has 0 aliphatic rings. The van der Waals surface area contributed by atoms with Crippen LogP contribution in [0.1, 0.15) is 27.7 Å². The number of carbonyl (C=O) groups is 1. The van der Waals surface area contributed by atoms with Crippen molar-refractivity contribution < 1.29 is 14.6 Å². The van der Waals surface area contributed by atoms with E-state index in [2.05, 4.69) is 20.4 Å². The van der Waals surface area contributed by atoms with Crippen LogP contribution in [-0.2, 0) is 6.42 Å². The highest BCUT2D eigenvalue weighted by molar-refractivity contribution is 6.11. The summed E-state index contributed by atoms with van der Waals surface area (Å²) in [4.78, 5) is 21.3. The minimum absolute atomic E-state index is 0.0374. The number of rotatable bonds is 8. The van der Waals surface area contributed by atoms with E-state index >= 15 is 0 Å². The van der Waals surface area contributed by atoms with E-state index < -0.39 is 6.04 Å². The topological polar surface area (TPSA) is 105 Å². The number of ketones is 1. The maximum atomic E-state index is 13.9. The number of para-hydroxylation sites is 1. The van der Waals surface area contributed by atoms with Crippen molar-refractivity contribution in [2.24, 2.45) is 0 Å². The molecule has 5 rings (SSSR count). The SMILES string of the molecule is COc1cncc(NC(C(=O)c2c[nH]c3c(CCO)cccc23)c2cc3ccccn3n2)c1. The highest BCUT2D eigenvalue weighted by Gasteiger charge is 2.27. The molecule has 0 aliphatic carbocycles. The van der Waals surface area contributed by atoms with Gasteiger partial charge in [-0.3, -0.25) is 9.78 Å². The normalized spacial score (nSPS) is 12.2. The van der Waals surface area contributed by atoms with Gasteiger partial charge in [0.2, 0.25) is 0 Å². The fraction of sp³-hybridized carbons (Fsp3) is 0.160. The predicted octanol–water partition coefficient (Wildman–Crippen LogP) is 3.79. The zero-order valence-electron chi connectivity index (χ0n) is 18.0. The van der Waals surface area contributed by atoms with Crippen molar-refractivity contribution in [2.45, 2.75) is 12.5 Å². The first-order valence-corrected chi connectivity index (χ1v) is 10.6. The number of Topliss-reactive ketones (excluding diaryl/α,β-unsaturated/α-hetero) is 1. The van der Waals surface area contributed by atoms with Gasteiger partial charge in [-0.15, -0.1) is 0 Å².